The highest BCUT2D eigenvalue weighted by Gasteiger charge is 2.39. The fraction of sp³-hybridized carbons (Fsp3) is 0.207. The summed E-state index contributed by atoms with van der Waals surface area (Å²) in [7, 11) is 0. The average molecular weight is 544 g/mol. The number of aromatic nitrogens is 4. The van der Waals surface area contributed by atoms with Crippen LogP contribution in [0.15, 0.2) is 79.0 Å². The molecule has 0 aliphatic carbocycles. The fourth-order valence-electron chi connectivity index (χ4n) is 4.63. The van der Waals surface area contributed by atoms with Crippen molar-refractivity contribution in [1.29, 1.82) is 0 Å². The van der Waals surface area contributed by atoms with Crippen LogP contribution in [-0.2, 0) is 9.53 Å². The number of fused-ring (bicyclic) bond motifs is 1. The maximum absolute atomic E-state index is 13.7. The Bertz CT molecular complexity index is 1630. The molecule has 2 aromatic heterocycles. The Labute approximate surface area is 228 Å². The minimum atomic E-state index is -0.933. The molecule has 0 radical (unpaired) electrons. The zero-order valence-electron chi connectivity index (χ0n) is 21.6. The second-order valence-corrected chi connectivity index (χ2v) is 10.5. The highest BCUT2D eigenvalue weighted by Crippen LogP contribution is 2.42. The number of carbonyl (C=O) groups excluding carboxylic acids is 2. The van der Waals surface area contributed by atoms with Gasteiger partial charge in [-0.05, 0) is 54.4 Å². The fourth-order valence-corrected chi connectivity index (χ4v) is 5.26. The number of anilines is 1. The lowest BCUT2D eigenvalue weighted by Gasteiger charge is -2.33. The summed E-state index contributed by atoms with van der Waals surface area (Å²) in [5.41, 5.74) is 2.57. The Morgan fingerprint density at radius 2 is 1.77 bits per heavy atom. The molecule has 10 heteroatoms. The number of hydrogen-bond acceptors (Lipinski definition) is 7. The van der Waals surface area contributed by atoms with Gasteiger partial charge in [0.25, 0.3) is 0 Å². The average Bonchev–Trinajstić information content (AvgIpc) is 3.57. The second-order valence-electron chi connectivity index (χ2n) is 9.50. The molecule has 3 aromatic carbocycles. The van der Waals surface area contributed by atoms with Gasteiger partial charge in [-0.25, -0.2) is 13.9 Å². The first kappa shape index (κ1) is 26.2. The Hall–Kier alpha value is -4.44. The van der Waals surface area contributed by atoms with Crippen molar-refractivity contribution in [2.45, 2.75) is 26.7 Å². The molecule has 198 valence electrons. The maximum Gasteiger partial charge on any atom is 0.369 e. The van der Waals surface area contributed by atoms with Crippen molar-refractivity contribution in [3.05, 3.63) is 101 Å². The molecule has 5 rings (SSSR count). The van der Waals surface area contributed by atoms with Gasteiger partial charge in [0, 0.05) is 11.3 Å². The molecule has 0 bridgehead atoms. The predicted octanol–water partition coefficient (Wildman–Crippen LogP) is 5.99. The Balaban J connectivity index is 1.49. The van der Waals surface area contributed by atoms with E-state index in [9.17, 15) is 14.0 Å². The zero-order chi connectivity index (χ0) is 27.6. The zero-order valence-corrected chi connectivity index (χ0v) is 22.4. The van der Waals surface area contributed by atoms with Gasteiger partial charge in [0.2, 0.25) is 16.0 Å². The van der Waals surface area contributed by atoms with Crippen molar-refractivity contribution in [2.24, 2.45) is 5.41 Å². The molecular formula is C29H26FN5O3S. The highest BCUT2D eigenvalue weighted by atomic mass is 32.1. The number of hydrogen-bond donors (Lipinski definition) is 1. The summed E-state index contributed by atoms with van der Waals surface area (Å²) >= 11 is 0.969. The smallest absolute Gasteiger partial charge is 0.369 e. The molecular weight excluding hydrogens is 517 g/mol. The molecule has 0 aliphatic heterocycles. The number of amides is 1. The van der Waals surface area contributed by atoms with Crippen LogP contribution in [0.3, 0.4) is 0 Å². The first-order valence-corrected chi connectivity index (χ1v) is 13.2. The molecule has 1 amide bonds. The first-order valence-electron chi connectivity index (χ1n) is 12.4. The monoisotopic (exact) mass is 543 g/mol. The van der Waals surface area contributed by atoms with Crippen LogP contribution in [0.5, 0.6) is 0 Å². The van der Waals surface area contributed by atoms with E-state index in [4.69, 9.17) is 4.74 Å². The van der Waals surface area contributed by atoms with Crippen LogP contribution < -0.4 is 5.32 Å². The summed E-state index contributed by atoms with van der Waals surface area (Å²) < 4.78 is 20.2. The van der Waals surface area contributed by atoms with E-state index in [2.05, 4.69) is 20.6 Å². The van der Waals surface area contributed by atoms with Crippen molar-refractivity contribution < 1.29 is 18.7 Å². The molecule has 0 saturated carbocycles. The third kappa shape index (κ3) is 5.28. The Morgan fingerprint density at radius 3 is 2.49 bits per heavy atom. The van der Waals surface area contributed by atoms with Gasteiger partial charge in [-0.15, -0.1) is 10.2 Å². The first-order chi connectivity index (χ1) is 18.8. The van der Waals surface area contributed by atoms with Gasteiger partial charge >= 0.3 is 5.97 Å². The van der Waals surface area contributed by atoms with E-state index >= 15 is 0 Å². The molecule has 0 spiro atoms. The third-order valence-corrected chi connectivity index (χ3v) is 7.35. The van der Waals surface area contributed by atoms with Crippen molar-refractivity contribution in [3.63, 3.8) is 0 Å². The number of rotatable bonds is 8. The lowest BCUT2D eigenvalue weighted by atomic mass is 9.70. The van der Waals surface area contributed by atoms with Crippen molar-refractivity contribution >= 4 is 39.2 Å². The number of esters is 1. The molecule has 5 aromatic rings. The van der Waals surface area contributed by atoms with Crippen LogP contribution >= 0.6 is 11.3 Å². The van der Waals surface area contributed by atoms with Crippen LogP contribution in [0.25, 0.3) is 16.6 Å². The van der Waals surface area contributed by atoms with Crippen LogP contribution in [-0.4, -0.2) is 38.5 Å². The minimum absolute atomic E-state index is 0.0770. The second kappa shape index (κ2) is 10.7. The quantitative estimate of drug-likeness (QED) is 0.241. The van der Waals surface area contributed by atoms with Crippen LogP contribution in [0.4, 0.5) is 9.52 Å². The molecule has 0 saturated heterocycles. The topological polar surface area (TPSA) is 99.0 Å². The molecule has 39 heavy (non-hydrogen) atoms. The Morgan fingerprint density at radius 1 is 1.03 bits per heavy atom. The number of nitrogens with one attached hydrogen (secondary N) is 1. The number of carbonyl (C=O) groups is 2. The molecule has 1 unspecified atom stereocenters. The van der Waals surface area contributed by atoms with Gasteiger partial charge in [-0.3, -0.25) is 4.79 Å². The third-order valence-electron chi connectivity index (χ3n) is 6.53. The summed E-state index contributed by atoms with van der Waals surface area (Å²) in [6.45, 7) is 5.68. The SMILES string of the molecule is CCOC(=O)c1nnc(NC(=O)C(C)(C)C(c2ccccc2)c2ccc3c(cnn3-c3ccc(F)cc3)c2)s1. The van der Waals surface area contributed by atoms with Crippen molar-refractivity contribution in [1.82, 2.24) is 20.0 Å². The van der Waals surface area contributed by atoms with E-state index in [0.29, 0.717) is 0 Å². The van der Waals surface area contributed by atoms with E-state index in [0.717, 1.165) is 39.1 Å². The summed E-state index contributed by atoms with van der Waals surface area (Å²) in [6, 6.07) is 21.9. The van der Waals surface area contributed by atoms with Crippen LogP contribution in [0.1, 0.15) is 47.6 Å². The van der Waals surface area contributed by atoms with Gasteiger partial charge in [0.15, 0.2) is 0 Å². The summed E-state index contributed by atoms with van der Waals surface area (Å²) in [6.07, 6.45) is 1.76. The highest BCUT2D eigenvalue weighted by molar-refractivity contribution is 7.17. The number of ether oxygens (including phenoxy) is 1. The standard InChI is InChI=1S/C29H26FN5O3S/c1-4-38-26(36)25-33-34-28(39-25)32-27(37)29(2,3)24(18-8-6-5-7-9-18)19-10-15-23-20(16-19)17-31-35(23)22-13-11-21(30)12-14-22/h5-17,24H,4H2,1-3H3,(H,32,34,37). The van der Waals surface area contributed by atoms with Crippen molar-refractivity contribution in [2.75, 3.05) is 11.9 Å². The van der Waals surface area contributed by atoms with Gasteiger partial charge in [0.05, 0.1) is 29.4 Å². The maximum atomic E-state index is 13.7. The van der Waals surface area contributed by atoms with Crippen LogP contribution in [0, 0.1) is 11.2 Å². The number of nitrogens with zero attached hydrogens (tertiary/aromatic N) is 4. The minimum Gasteiger partial charge on any atom is -0.461 e. The summed E-state index contributed by atoms with van der Waals surface area (Å²) in [5, 5.41) is 16.3. The van der Waals surface area contributed by atoms with Gasteiger partial charge < -0.3 is 10.1 Å². The van der Waals surface area contributed by atoms with Crippen molar-refractivity contribution in [3.8, 4) is 5.69 Å². The normalized spacial score (nSPS) is 12.3. The Kier molecular flexibility index (Phi) is 7.21. The molecule has 8 nitrogen and oxygen atoms in total. The largest absolute Gasteiger partial charge is 0.461 e. The summed E-state index contributed by atoms with van der Waals surface area (Å²) in [5.74, 6) is -1.49. The lowest BCUT2D eigenvalue weighted by molar-refractivity contribution is -0.124. The number of halogens is 1. The van der Waals surface area contributed by atoms with E-state index in [1.807, 2.05) is 62.4 Å². The number of benzene rings is 3. The van der Waals surface area contributed by atoms with Gasteiger partial charge in [-0.1, -0.05) is 61.6 Å². The summed E-state index contributed by atoms with van der Waals surface area (Å²) in [4.78, 5) is 25.7. The van der Waals surface area contributed by atoms with Crippen LogP contribution in [0.2, 0.25) is 0 Å². The molecule has 0 aliphatic rings. The van der Waals surface area contributed by atoms with E-state index in [1.165, 1.54) is 12.1 Å². The predicted molar refractivity (Wildman–Crippen MR) is 148 cm³/mol. The van der Waals surface area contributed by atoms with E-state index in [1.54, 1.807) is 29.9 Å². The molecule has 1 N–H and O–H groups in total. The van der Waals surface area contributed by atoms with Gasteiger partial charge in [-0.2, -0.15) is 5.10 Å². The van der Waals surface area contributed by atoms with E-state index in [-0.39, 0.29) is 34.4 Å². The van der Waals surface area contributed by atoms with E-state index < -0.39 is 11.4 Å². The molecule has 1 atom stereocenters. The van der Waals surface area contributed by atoms with Gasteiger partial charge in [0.1, 0.15) is 5.82 Å². The molecule has 0 fully saturated rings. The molecule has 2 heterocycles. The lowest BCUT2D eigenvalue weighted by Crippen LogP contribution is -2.37.